The van der Waals surface area contributed by atoms with Crippen LogP contribution in [0.1, 0.15) is 11.1 Å². The Morgan fingerprint density at radius 3 is 2.90 bits per heavy atom. The molecule has 0 fully saturated rings. The van der Waals surface area contributed by atoms with Gasteiger partial charge in [0, 0.05) is 29.9 Å². The first-order valence-corrected chi connectivity index (χ1v) is 6.33. The van der Waals surface area contributed by atoms with Crippen LogP contribution in [0, 0.1) is 0 Å². The molecule has 0 unspecified atom stereocenters. The molecule has 112 valence electrons. The highest BCUT2D eigenvalue weighted by molar-refractivity contribution is 5.53. The van der Waals surface area contributed by atoms with Crippen molar-refractivity contribution in [3.63, 3.8) is 0 Å². The largest absolute Gasteiger partial charge is 0.467 e. The minimum Gasteiger partial charge on any atom is -0.467 e. The van der Waals surface area contributed by atoms with Crippen molar-refractivity contribution in [3.8, 4) is 5.75 Å². The Kier molecular flexibility index (Phi) is 5.11. The molecule has 0 radical (unpaired) electrons. The van der Waals surface area contributed by atoms with Gasteiger partial charge in [-0.2, -0.15) is 0 Å². The first-order chi connectivity index (χ1) is 9.60. The molecule has 1 aliphatic heterocycles. The minimum absolute atomic E-state index is 0.138. The normalized spacial score (nSPS) is 14.4. The lowest BCUT2D eigenvalue weighted by atomic mass is 10.1. The molecule has 0 amide bonds. The fourth-order valence-corrected chi connectivity index (χ4v) is 2.26. The number of halogens is 2. The summed E-state index contributed by atoms with van der Waals surface area (Å²) < 4.78 is 35.7. The molecular formula is C13H18F2N2O3. The quantitative estimate of drug-likeness (QED) is 0.770. The van der Waals surface area contributed by atoms with Crippen molar-refractivity contribution in [1.82, 2.24) is 4.90 Å². The van der Waals surface area contributed by atoms with Crippen molar-refractivity contribution in [3.05, 3.63) is 23.3 Å². The van der Waals surface area contributed by atoms with Crippen molar-refractivity contribution in [2.75, 3.05) is 32.2 Å². The number of rotatable bonds is 6. The highest BCUT2D eigenvalue weighted by atomic mass is 19.3. The van der Waals surface area contributed by atoms with Gasteiger partial charge in [0.25, 0.3) is 6.43 Å². The van der Waals surface area contributed by atoms with E-state index < -0.39 is 13.0 Å². The molecule has 0 aromatic heterocycles. The zero-order chi connectivity index (χ0) is 14.5. The van der Waals surface area contributed by atoms with Crippen molar-refractivity contribution in [1.29, 1.82) is 0 Å². The van der Waals surface area contributed by atoms with E-state index in [2.05, 4.69) is 0 Å². The Hall–Kier alpha value is -1.44. The van der Waals surface area contributed by atoms with Crippen LogP contribution in [0.3, 0.4) is 0 Å². The summed E-state index contributed by atoms with van der Waals surface area (Å²) in [5.41, 5.74) is 7.89. The highest BCUT2D eigenvalue weighted by Crippen LogP contribution is 2.31. The third-order valence-electron chi connectivity index (χ3n) is 3.02. The van der Waals surface area contributed by atoms with Crippen molar-refractivity contribution >= 4 is 5.69 Å². The number of anilines is 1. The van der Waals surface area contributed by atoms with Gasteiger partial charge in [-0.25, -0.2) is 8.78 Å². The van der Waals surface area contributed by atoms with Crippen LogP contribution < -0.4 is 10.5 Å². The zero-order valence-electron chi connectivity index (χ0n) is 11.0. The van der Waals surface area contributed by atoms with E-state index in [1.165, 1.54) is 4.90 Å². The van der Waals surface area contributed by atoms with E-state index in [9.17, 15) is 8.78 Å². The molecule has 1 aromatic rings. The van der Waals surface area contributed by atoms with Gasteiger partial charge < -0.3 is 20.3 Å². The number of aliphatic hydroxyl groups is 1. The van der Waals surface area contributed by atoms with Gasteiger partial charge in [-0.3, -0.25) is 4.90 Å². The van der Waals surface area contributed by atoms with Crippen LogP contribution in [0.4, 0.5) is 14.5 Å². The van der Waals surface area contributed by atoms with Gasteiger partial charge in [0.15, 0.2) is 6.79 Å². The number of hydrogen-bond donors (Lipinski definition) is 2. The number of ether oxygens (including phenoxy) is 2. The van der Waals surface area contributed by atoms with E-state index in [1.807, 2.05) is 0 Å². The number of nitrogen functional groups attached to an aromatic ring is 1. The van der Waals surface area contributed by atoms with Gasteiger partial charge in [0.05, 0.1) is 19.8 Å². The molecule has 0 atom stereocenters. The molecule has 0 saturated heterocycles. The summed E-state index contributed by atoms with van der Waals surface area (Å²) in [6.45, 7) is 0.367. The Balaban J connectivity index is 2.20. The Labute approximate surface area is 115 Å². The summed E-state index contributed by atoms with van der Waals surface area (Å²) in [5.74, 6) is 0.641. The SMILES string of the molecule is Nc1cc2c(c(CN(CCO)CC(F)F)c1)OCOC2. The van der Waals surface area contributed by atoms with E-state index in [4.69, 9.17) is 20.3 Å². The van der Waals surface area contributed by atoms with Crippen molar-refractivity contribution in [2.45, 2.75) is 19.6 Å². The van der Waals surface area contributed by atoms with E-state index in [-0.39, 0.29) is 26.5 Å². The molecule has 0 spiro atoms. The van der Waals surface area contributed by atoms with Crippen LogP contribution in [0.15, 0.2) is 12.1 Å². The topological polar surface area (TPSA) is 68.0 Å². The molecule has 0 saturated carbocycles. The predicted octanol–water partition coefficient (Wildman–Crippen LogP) is 1.19. The summed E-state index contributed by atoms with van der Waals surface area (Å²) in [7, 11) is 0. The van der Waals surface area contributed by atoms with Gasteiger partial charge in [0.2, 0.25) is 0 Å². The minimum atomic E-state index is -2.46. The summed E-state index contributed by atoms with van der Waals surface area (Å²) in [4.78, 5) is 1.47. The number of hydrogen-bond acceptors (Lipinski definition) is 5. The fraction of sp³-hybridized carbons (Fsp3) is 0.538. The van der Waals surface area contributed by atoms with Crippen LogP contribution in [0.2, 0.25) is 0 Å². The molecule has 1 heterocycles. The van der Waals surface area contributed by atoms with Crippen molar-refractivity contribution in [2.24, 2.45) is 0 Å². The van der Waals surface area contributed by atoms with Gasteiger partial charge in [-0.15, -0.1) is 0 Å². The Morgan fingerprint density at radius 1 is 1.40 bits per heavy atom. The summed E-state index contributed by atoms with van der Waals surface area (Å²) in [5, 5.41) is 8.96. The maximum atomic E-state index is 12.5. The Morgan fingerprint density at radius 2 is 2.20 bits per heavy atom. The third kappa shape index (κ3) is 3.78. The van der Waals surface area contributed by atoms with Gasteiger partial charge in [0.1, 0.15) is 5.75 Å². The first kappa shape index (κ1) is 15.0. The van der Waals surface area contributed by atoms with E-state index in [0.717, 1.165) is 11.1 Å². The Bertz CT molecular complexity index is 457. The molecule has 2 rings (SSSR count). The number of fused-ring (bicyclic) bond motifs is 1. The maximum absolute atomic E-state index is 12.5. The molecule has 3 N–H and O–H groups in total. The number of nitrogens with zero attached hydrogens (tertiary/aromatic N) is 1. The van der Waals surface area contributed by atoms with Crippen LogP contribution in [-0.4, -0.2) is 42.9 Å². The summed E-state index contributed by atoms with van der Waals surface area (Å²) in [6, 6.07) is 3.46. The molecule has 1 aromatic carbocycles. The standard InChI is InChI=1S/C13H18F2N2O3/c14-12(15)6-17(1-2-18)5-9-3-11(16)4-10-7-19-8-20-13(9)10/h3-4,12,18H,1-2,5-8,16H2. The highest BCUT2D eigenvalue weighted by Gasteiger charge is 2.19. The van der Waals surface area contributed by atoms with Gasteiger partial charge in [-0.05, 0) is 12.1 Å². The first-order valence-electron chi connectivity index (χ1n) is 6.33. The van der Waals surface area contributed by atoms with E-state index >= 15 is 0 Å². The molecule has 5 nitrogen and oxygen atoms in total. The molecule has 1 aliphatic rings. The zero-order valence-corrected chi connectivity index (χ0v) is 11.0. The predicted molar refractivity (Wildman–Crippen MR) is 69.5 cm³/mol. The molecule has 0 bridgehead atoms. The smallest absolute Gasteiger partial charge is 0.251 e. The van der Waals surface area contributed by atoms with Crippen LogP contribution in [-0.2, 0) is 17.9 Å². The summed E-state index contributed by atoms with van der Waals surface area (Å²) >= 11 is 0. The molecule has 7 heteroatoms. The van der Waals surface area contributed by atoms with Crippen LogP contribution >= 0.6 is 0 Å². The lowest BCUT2D eigenvalue weighted by molar-refractivity contribution is -0.0177. The lowest BCUT2D eigenvalue weighted by Crippen LogP contribution is -2.31. The molecule has 0 aliphatic carbocycles. The summed E-state index contributed by atoms with van der Waals surface area (Å²) in [6.07, 6.45) is -2.46. The average Bonchev–Trinajstić information content (AvgIpc) is 2.38. The number of aliphatic hydroxyl groups excluding tert-OH is 1. The second kappa shape index (κ2) is 6.83. The van der Waals surface area contributed by atoms with Crippen molar-refractivity contribution < 1.29 is 23.4 Å². The number of nitrogens with two attached hydrogens (primary N) is 1. The maximum Gasteiger partial charge on any atom is 0.251 e. The molecule has 20 heavy (non-hydrogen) atoms. The fourth-order valence-electron chi connectivity index (χ4n) is 2.26. The second-order valence-corrected chi connectivity index (χ2v) is 4.63. The van der Waals surface area contributed by atoms with Gasteiger partial charge >= 0.3 is 0 Å². The van der Waals surface area contributed by atoms with E-state index in [1.54, 1.807) is 12.1 Å². The van der Waals surface area contributed by atoms with Crippen LogP contribution in [0.25, 0.3) is 0 Å². The van der Waals surface area contributed by atoms with Gasteiger partial charge in [-0.1, -0.05) is 0 Å². The monoisotopic (exact) mass is 288 g/mol. The second-order valence-electron chi connectivity index (χ2n) is 4.63. The van der Waals surface area contributed by atoms with Crippen LogP contribution in [0.5, 0.6) is 5.75 Å². The third-order valence-corrected chi connectivity index (χ3v) is 3.02. The lowest BCUT2D eigenvalue weighted by Gasteiger charge is -2.25. The molecular weight excluding hydrogens is 270 g/mol. The average molecular weight is 288 g/mol. The number of alkyl halides is 2. The number of benzene rings is 1. The van der Waals surface area contributed by atoms with E-state index in [0.29, 0.717) is 18.0 Å².